The van der Waals surface area contributed by atoms with Crippen LogP contribution in [0, 0.1) is 0 Å². The predicted molar refractivity (Wildman–Crippen MR) is 156 cm³/mol. The summed E-state index contributed by atoms with van der Waals surface area (Å²) < 4.78 is 21.9. The van der Waals surface area contributed by atoms with Gasteiger partial charge in [0.1, 0.15) is 12.5 Å². The Morgan fingerprint density at radius 2 is 1.10 bits per heavy atom. The summed E-state index contributed by atoms with van der Waals surface area (Å²) in [6.45, 7) is 7.81. The first-order chi connectivity index (χ1) is 18.8. The monoisotopic (exact) mass is 528 g/mol. The van der Waals surface area contributed by atoms with Crippen molar-refractivity contribution in [2.75, 3.05) is 21.3 Å². The normalized spacial score (nSPS) is 15.9. The SMILES string of the molecule is COC(C)c1cc2ccc3nc(c4nc(ccc5cc(C(C)O)c(c1n2C(C)OC)n5C(C)OC)C=C4)C=C3. The lowest BCUT2D eigenvalue weighted by molar-refractivity contribution is 0.0644. The van der Waals surface area contributed by atoms with E-state index in [4.69, 9.17) is 24.2 Å². The summed E-state index contributed by atoms with van der Waals surface area (Å²) >= 11 is 0. The molecule has 0 spiro atoms. The molecule has 8 nitrogen and oxygen atoms in total. The molecule has 2 aliphatic rings. The molecule has 5 heterocycles. The van der Waals surface area contributed by atoms with Crippen molar-refractivity contribution in [2.24, 2.45) is 0 Å². The van der Waals surface area contributed by atoms with E-state index in [9.17, 15) is 5.11 Å². The zero-order valence-corrected chi connectivity index (χ0v) is 23.5. The molecule has 8 bridgehead atoms. The van der Waals surface area contributed by atoms with E-state index in [1.807, 2.05) is 75.4 Å². The highest BCUT2D eigenvalue weighted by molar-refractivity contribution is 5.90. The minimum absolute atomic E-state index is 0.225. The van der Waals surface area contributed by atoms with Crippen LogP contribution in [-0.4, -0.2) is 45.5 Å². The van der Waals surface area contributed by atoms with Crippen molar-refractivity contribution in [3.63, 3.8) is 0 Å². The smallest absolute Gasteiger partial charge is 0.131 e. The molecule has 0 aromatic carbocycles. The Morgan fingerprint density at radius 1 is 0.641 bits per heavy atom. The van der Waals surface area contributed by atoms with Gasteiger partial charge in [0.25, 0.3) is 0 Å². The van der Waals surface area contributed by atoms with Crippen LogP contribution in [0.3, 0.4) is 0 Å². The second-order valence-corrected chi connectivity index (χ2v) is 9.89. The van der Waals surface area contributed by atoms with E-state index in [2.05, 4.69) is 15.2 Å². The Labute approximate surface area is 228 Å². The molecule has 4 unspecified atom stereocenters. The van der Waals surface area contributed by atoms with Gasteiger partial charge in [0.2, 0.25) is 0 Å². The van der Waals surface area contributed by atoms with E-state index >= 15 is 0 Å². The van der Waals surface area contributed by atoms with Crippen molar-refractivity contribution < 1.29 is 19.3 Å². The van der Waals surface area contributed by atoms with Crippen molar-refractivity contribution in [3.8, 4) is 0 Å². The van der Waals surface area contributed by atoms with Gasteiger partial charge in [0.15, 0.2) is 0 Å². The van der Waals surface area contributed by atoms with E-state index in [0.717, 1.165) is 56.0 Å². The Morgan fingerprint density at radius 3 is 1.54 bits per heavy atom. The lowest BCUT2D eigenvalue weighted by Crippen LogP contribution is -2.12. The largest absolute Gasteiger partial charge is 0.389 e. The Hall–Kier alpha value is -3.56. The van der Waals surface area contributed by atoms with Crippen molar-refractivity contribution >= 4 is 46.4 Å². The second kappa shape index (κ2) is 10.9. The Kier molecular flexibility index (Phi) is 7.55. The number of hydrogen-bond donors (Lipinski definition) is 1. The molecule has 5 rings (SSSR count). The molecule has 39 heavy (non-hydrogen) atoms. The number of rotatable bonds is 7. The summed E-state index contributed by atoms with van der Waals surface area (Å²) in [5, 5.41) is 11.0. The molecule has 3 aromatic heterocycles. The molecular formula is C31H36N4O4. The number of nitrogens with zero attached hydrogens (tertiary/aromatic N) is 4. The molecule has 4 atom stereocenters. The summed E-state index contributed by atoms with van der Waals surface area (Å²) in [5.41, 5.74) is 8.61. The highest BCUT2D eigenvalue weighted by Gasteiger charge is 2.25. The fraction of sp³-hybridized carbons (Fsp3) is 0.355. The molecule has 3 aromatic rings. The highest BCUT2D eigenvalue weighted by atomic mass is 16.5. The fourth-order valence-corrected chi connectivity index (χ4v) is 5.21. The average molecular weight is 529 g/mol. The maximum absolute atomic E-state index is 11.0. The second-order valence-electron chi connectivity index (χ2n) is 9.89. The summed E-state index contributed by atoms with van der Waals surface area (Å²) in [7, 11) is 5.08. The number of aliphatic hydroxyl groups excluding tert-OH is 1. The number of fused-ring (bicyclic) bond motifs is 10. The summed E-state index contributed by atoms with van der Waals surface area (Å²) in [4.78, 5) is 9.56. The third-order valence-electron chi connectivity index (χ3n) is 7.50. The standard InChI is InChI=1S/C31H36N4O4/c1-18(36)26-16-24-12-8-22-10-14-28(32-22)29-15-11-23(33-29)9-13-25-17-27(19(2)37-5)31(35(25)21(4)39-7)30(26)34(24)20(3)38-6/h8-21,36H,1-7H3. The van der Waals surface area contributed by atoms with Gasteiger partial charge in [-0.1, -0.05) is 0 Å². The van der Waals surface area contributed by atoms with Gasteiger partial charge in [-0.15, -0.1) is 0 Å². The van der Waals surface area contributed by atoms with E-state index in [1.165, 1.54) is 0 Å². The summed E-state index contributed by atoms with van der Waals surface area (Å²) in [6.07, 6.45) is 6.33. The summed E-state index contributed by atoms with van der Waals surface area (Å²) in [5.74, 6) is 0. The van der Waals surface area contributed by atoms with Gasteiger partial charge in [-0.25, -0.2) is 9.97 Å². The first-order valence-corrected chi connectivity index (χ1v) is 13.2. The number of aromatic nitrogens is 4. The van der Waals surface area contributed by atoms with Gasteiger partial charge in [0, 0.05) is 43.5 Å². The van der Waals surface area contributed by atoms with E-state index in [0.29, 0.717) is 0 Å². The van der Waals surface area contributed by atoms with Crippen LogP contribution in [0.4, 0.5) is 0 Å². The highest BCUT2D eigenvalue weighted by Crippen LogP contribution is 2.38. The van der Waals surface area contributed by atoms with Gasteiger partial charge in [0.05, 0.1) is 46.0 Å². The van der Waals surface area contributed by atoms with Crippen molar-refractivity contribution in [2.45, 2.75) is 52.4 Å². The quantitative estimate of drug-likeness (QED) is 0.253. The zero-order valence-electron chi connectivity index (χ0n) is 23.5. The maximum atomic E-state index is 11.0. The molecular weight excluding hydrogens is 492 g/mol. The van der Waals surface area contributed by atoms with Crippen LogP contribution in [0.5, 0.6) is 0 Å². The molecule has 2 aliphatic heterocycles. The minimum atomic E-state index is -0.735. The number of hydrogen-bond acceptors (Lipinski definition) is 6. The average Bonchev–Trinajstić information content (AvgIpc) is 3.72. The number of ether oxygens (including phenoxy) is 3. The molecule has 204 valence electrons. The lowest BCUT2D eigenvalue weighted by Gasteiger charge is -2.21. The van der Waals surface area contributed by atoms with Crippen molar-refractivity contribution in [1.29, 1.82) is 0 Å². The van der Waals surface area contributed by atoms with Gasteiger partial charge >= 0.3 is 0 Å². The minimum Gasteiger partial charge on any atom is -0.389 e. The van der Waals surface area contributed by atoms with Crippen LogP contribution in [0.2, 0.25) is 0 Å². The van der Waals surface area contributed by atoms with E-state index in [1.54, 1.807) is 28.3 Å². The van der Waals surface area contributed by atoms with Crippen LogP contribution in [0.15, 0.2) is 36.4 Å². The molecule has 0 fully saturated rings. The van der Waals surface area contributed by atoms with Crippen molar-refractivity contribution in [1.82, 2.24) is 19.1 Å². The van der Waals surface area contributed by atoms with Crippen LogP contribution >= 0.6 is 0 Å². The third-order valence-corrected chi connectivity index (χ3v) is 7.50. The summed E-state index contributed by atoms with van der Waals surface area (Å²) in [6, 6.07) is 12.2. The van der Waals surface area contributed by atoms with Crippen molar-refractivity contribution in [3.05, 3.63) is 70.3 Å². The van der Waals surface area contributed by atoms with Gasteiger partial charge in [-0.3, -0.25) is 0 Å². The first kappa shape index (κ1) is 27.0. The molecule has 0 saturated carbocycles. The first-order valence-electron chi connectivity index (χ1n) is 13.2. The van der Waals surface area contributed by atoms with Gasteiger partial charge < -0.3 is 28.5 Å². The Balaban J connectivity index is 2.08. The molecule has 0 amide bonds. The molecule has 0 aliphatic carbocycles. The van der Waals surface area contributed by atoms with Gasteiger partial charge in [-0.05, 0) is 88.4 Å². The topological polar surface area (TPSA) is 83.6 Å². The van der Waals surface area contributed by atoms with Crippen LogP contribution in [-0.2, 0) is 14.2 Å². The van der Waals surface area contributed by atoms with E-state index < -0.39 is 6.10 Å². The lowest BCUT2D eigenvalue weighted by atomic mass is 10.1. The number of methoxy groups -OCH3 is 3. The molecule has 1 N–H and O–H groups in total. The van der Waals surface area contributed by atoms with Crippen LogP contribution in [0.1, 0.15) is 86.3 Å². The van der Waals surface area contributed by atoms with Gasteiger partial charge in [-0.2, -0.15) is 0 Å². The zero-order chi connectivity index (χ0) is 27.8. The maximum Gasteiger partial charge on any atom is 0.131 e. The predicted octanol–water partition coefficient (Wildman–Crippen LogP) is 6.69. The molecule has 0 saturated heterocycles. The number of aliphatic hydroxyl groups is 1. The van der Waals surface area contributed by atoms with Crippen LogP contribution < -0.4 is 0 Å². The fourth-order valence-electron chi connectivity index (χ4n) is 5.21. The Bertz CT molecular complexity index is 1610. The van der Waals surface area contributed by atoms with Crippen LogP contribution in [0.25, 0.3) is 46.4 Å². The third kappa shape index (κ3) is 4.85. The van der Waals surface area contributed by atoms with E-state index in [-0.39, 0.29) is 18.6 Å². The molecule has 8 heteroatoms. The molecule has 0 radical (unpaired) electrons.